The lowest BCUT2D eigenvalue weighted by molar-refractivity contribution is -0.124. The van der Waals surface area contributed by atoms with Gasteiger partial charge in [-0.05, 0) is 32.1 Å². The van der Waals surface area contributed by atoms with E-state index >= 15 is 0 Å². The van der Waals surface area contributed by atoms with Gasteiger partial charge in [0.25, 0.3) is 0 Å². The minimum Gasteiger partial charge on any atom is -0.300 e. The summed E-state index contributed by atoms with van der Waals surface area (Å²) in [7, 11) is 0. The van der Waals surface area contributed by atoms with E-state index in [-0.39, 0.29) is 0 Å². The van der Waals surface area contributed by atoms with Gasteiger partial charge in [0.15, 0.2) is 0 Å². The minimum atomic E-state index is 0.519. The third-order valence-electron chi connectivity index (χ3n) is 5.28. The number of ketones is 1. The van der Waals surface area contributed by atoms with E-state index in [9.17, 15) is 4.79 Å². The number of piperidine rings is 1. The van der Waals surface area contributed by atoms with Crippen molar-refractivity contribution in [3.05, 3.63) is 0 Å². The van der Waals surface area contributed by atoms with Gasteiger partial charge in [-0.1, -0.05) is 0 Å². The number of Topliss-reactive ketones (excluding diaryl/α,β-unsaturated/α-hetero) is 1. The van der Waals surface area contributed by atoms with Crippen LogP contribution in [0, 0.1) is 0 Å². The van der Waals surface area contributed by atoms with Gasteiger partial charge in [-0.2, -0.15) is 0 Å². The first-order chi connectivity index (χ1) is 8.31. The Bertz CT molecular complexity index is 323. The van der Waals surface area contributed by atoms with Crippen LogP contribution in [0.5, 0.6) is 0 Å². The molecule has 3 saturated heterocycles. The van der Waals surface area contributed by atoms with E-state index in [1.807, 2.05) is 0 Å². The van der Waals surface area contributed by atoms with Gasteiger partial charge >= 0.3 is 0 Å². The standard InChI is InChI=1S/C14H22N2O/c17-14-7-11-3-4-12(8-14)16(11)13-5-6-15(9-13)10-1-2-10/h10-13H,1-9H2. The average molecular weight is 234 g/mol. The predicted octanol–water partition coefficient (Wildman–Crippen LogP) is 1.42. The Morgan fingerprint density at radius 1 is 0.824 bits per heavy atom. The highest BCUT2D eigenvalue weighted by Crippen LogP contribution is 2.39. The summed E-state index contributed by atoms with van der Waals surface area (Å²) in [5.74, 6) is 0.519. The molecule has 4 aliphatic rings. The summed E-state index contributed by atoms with van der Waals surface area (Å²) in [5.41, 5.74) is 0. The molecule has 0 aromatic carbocycles. The van der Waals surface area contributed by atoms with Gasteiger partial charge in [0.05, 0.1) is 0 Å². The van der Waals surface area contributed by atoms with Crippen molar-refractivity contribution in [2.24, 2.45) is 0 Å². The molecule has 0 spiro atoms. The molecule has 3 aliphatic heterocycles. The molecule has 94 valence electrons. The van der Waals surface area contributed by atoms with Crippen LogP contribution in [0.2, 0.25) is 0 Å². The Hall–Kier alpha value is -0.410. The lowest BCUT2D eigenvalue weighted by atomic mass is 9.98. The molecule has 3 heterocycles. The Labute approximate surface area is 103 Å². The normalized spacial score (nSPS) is 43.5. The summed E-state index contributed by atoms with van der Waals surface area (Å²) in [6, 6.07) is 2.89. The van der Waals surface area contributed by atoms with E-state index < -0.39 is 0 Å². The lowest BCUT2D eigenvalue weighted by Gasteiger charge is -2.38. The summed E-state index contributed by atoms with van der Waals surface area (Å²) in [6.45, 7) is 2.59. The van der Waals surface area contributed by atoms with Gasteiger partial charge in [0.1, 0.15) is 5.78 Å². The van der Waals surface area contributed by atoms with E-state index in [4.69, 9.17) is 0 Å². The van der Waals surface area contributed by atoms with Crippen LogP contribution in [-0.2, 0) is 4.79 Å². The van der Waals surface area contributed by atoms with Crippen LogP contribution < -0.4 is 0 Å². The molecule has 3 atom stereocenters. The molecule has 17 heavy (non-hydrogen) atoms. The molecular weight excluding hydrogens is 212 g/mol. The highest BCUT2D eigenvalue weighted by atomic mass is 16.1. The highest BCUT2D eigenvalue weighted by Gasteiger charge is 2.46. The van der Waals surface area contributed by atoms with Crippen LogP contribution in [0.4, 0.5) is 0 Å². The number of hydrogen-bond donors (Lipinski definition) is 0. The first kappa shape index (κ1) is 10.5. The van der Waals surface area contributed by atoms with Gasteiger partial charge in [0.2, 0.25) is 0 Å². The molecule has 1 saturated carbocycles. The van der Waals surface area contributed by atoms with Crippen molar-refractivity contribution < 1.29 is 4.79 Å². The number of carbonyl (C=O) groups is 1. The predicted molar refractivity (Wildman–Crippen MR) is 65.9 cm³/mol. The van der Waals surface area contributed by atoms with Gasteiger partial charge in [0, 0.05) is 50.1 Å². The molecule has 2 bridgehead atoms. The third-order valence-corrected chi connectivity index (χ3v) is 5.28. The summed E-state index contributed by atoms with van der Waals surface area (Å²) in [5, 5.41) is 0. The van der Waals surface area contributed by atoms with Crippen molar-refractivity contribution in [2.45, 2.75) is 69.1 Å². The average Bonchev–Trinajstić information content (AvgIpc) is 2.98. The molecule has 0 N–H and O–H groups in total. The largest absolute Gasteiger partial charge is 0.300 e. The second-order valence-electron chi connectivity index (χ2n) is 6.45. The first-order valence-electron chi connectivity index (χ1n) is 7.34. The Morgan fingerprint density at radius 3 is 2.12 bits per heavy atom. The quantitative estimate of drug-likeness (QED) is 0.722. The smallest absolute Gasteiger partial charge is 0.136 e. The maximum absolute atomic E-state index is 11.6. The van der Waals surface area contributed by atoms with Crippen LogP contribution in [0.3, 0.4) is 0 Å². The van der Waals surface area contributed by atoms with Gasteiger partial charge < -0.3 is 0 Å². The Kier molecular flexibility index (Phi) is 2.34. The van der Waals surface area contributed by atoms with E-state index in [2.05, 4.69) is 9.80 Å². The number of carbonyl (C=O) groups excluding carboxylic acids is 1. The van der Waals surface area contributed by atoms with Crippen LogP contribution in [0.15, 0.2) is 0 Å². The molecule has 3 unspecified atom stereocenters. The second kappa shape index (κ2) is 3.79. The molecular formula is C14H22N2O. The topological polar surface area (TPSA) is 23.6 Å². The number of rotatable bonds is 2. The molecule has 3 nitrogen and oxygen atoms in total. The fraction of sp³-hybridized carbons (Fsp3) is 0.929. The molecule has 0 amide bonds. The fourth-order valence-corrected chi connectivity index (χ4v) is 4.38. The van der Waals surface area contributed by atoms with Gasteiger partial charge in [-0.25, -0.2) is 0 Å². The second-order valence-corrected chi connectivity index (χ2v) is 6.45. The first-order valence-corrected chi connectivity index (χ1v) is 7.34. The fourth-order valence-electron chi connectivity index (χ4n) is 4.38. The Balaban J connectivity index is 1.47. The van der Waals surface area contributed by atoms with E-state index in [1.54, 1.807) is 0 Å². The van der Waals surface area contributed by atoms with E-state index in [0.717, 1.165) is 24.9 Å². The molecule has 1 aliphatic carbocycles. The molecule has 0 aromatic rings. The van der Waals surface area contributed by atoms with Gasteiger partial charge in [-0.15, -0.1) is 0 Å². The summed E-state index contributed by atoms with van der Waals surface area (Å²) in [4.78, 5) is 17.1. The third kappa shape index (κ3) is 1.75. The van der Waals surface area contributed by atoms with Crippen LogP contribution in [0.25, 0.3) is 0 Å². The summed E-state index contributed by atoms with van der Waals surface area (Å²) in [6.07, 6.45) is 8.44. The molecule has 0 aromatic heterocycles. The molecule has 0 radical (unpaired) electrons. The molecule has 4 rings (SSSR count). The van der Waals surface area contributed by atoms with Crippen LogP contribution in [0.1, 0.15) is 44.9 Å². The van der Waals surface area contributed by atoms with Crippen molar-refractivity contribution in [3.63, 3.8) is 0 Å². The molecule has 4 fully saturated rings. The zero-order chi connectivity index (χ0) is 11.4. The monoisotopic (exact) mass is 234 g/mol. The van der Waals surface area contributed by atoms with Crippen molar-refractivity contribution in [2.75, 3.05) is 13.1 Å². The zero-order valence-electron chi connectivity index (χ0n) is 10.5. The van der Waals surface area contributed by atoms with Crippen molar-refractivity contribution in [1.82, 2.24) is 9.80 Å². The van der Waals surface area contributed by atoms with E-state index in [0.29, 0.717) is 17.9 Å². The lowest BCUT2D eigenvalue weighted by Crippen LogP contribution is -2.50. The summed E-state index contributed by atoms with van der Waals surface area (Å²) < 4.78 is 0. The van der Waals surface area contributed by atoms with Crippen molar-refractivity contribution in [3.8, 4) is 0 Å². The maximum atomic E-state index is 11.6. The van der Waals surface area contributed by atoms with Gasteiger partial charge in [-0.3, -0.25) is 14.6 Å². The van der Waals surface area contributed by atoms with E-state index in [1.165, 1.54) is 45.2 Å². The summed E-state index contributed by atoms with van der Waals surface area (Å²) >= 11 is 0. The number of nitrogens with zero attached hydrogens (tertiary/aromatic N) is 2. The number of likely N-dealkylation sites (tertiary alicyclic amines) is 1. The maximum Gasteiger partial charge on any atom is 0.136 e. The number of fused-ring (bicyclic) bond motifs is 2. The number of hydrogen-bond acceptors (Lipinski definition) is 3. The zero-order valence-corrected chi connectivity index (χ0v) is 10.5. The minimum absolute atomic E-state index is 0.519. The SMILES string of the molecule is O=C1CC2CCC(C1)N2C1CCN(C2CC2)C1. The highest BCUT2D eigenvalue weighted by molar-refractivity contribution is 5.81. The van der Waals surface area contributed by atoms with Crippen molar-refractivity contribution in [1.29, 1.82) is 0 Å². The molecule has 3 heteroatoms. The van der Waals surface area contributed by atoms with Crippen LogP contribution >= 0.6 is 0 Å². The Morgan fingerprint density at radius 2 is 1.47 bits per heavy atom. The van der Waals surface area contributed by atoms with Crippen molar-refractivity contribution >= 4 is 5.78 Å². The van der Waals surface area contributed by atoms with Crippen LogP contribution in [-0.4, -0.2) is 52.8 Å².